The fourth-order valence-electron chi connectivity index (χ4n) is 2.17. The van der Waals surface area contributed by atoms with E-state index in [1.54, 1.807) is 43.5 Å². The summed E-state index contributed by atoms with van der Waals surface area (Å²) in [7, 11) is 0. The summed E-state index contributed by atoms with van der Waals surface area (Å²) in [5, 5.41) is 3.31. The molecule has 2 aromatic rings. The van der Waals surface area contributed by atoms with Gasteiger partial charge < -0.3 is 15.0 Å². The van der Waals surface area contributed by atoms with Gasteiger partial charge in [0.05, 0.1) is 25.3 Å². The van der Waals surface area contributed by atoms with E-state index in [0.717, 1.165) is 5.69 Å². The summed E-state index contributed by atoms with van der Waals surface area (Å²) in [6, 6.07) is 12.0. The Hall–Kier alpha value is -2.60. The van der Waals surface area contributed by atoms with E-state index in [0.29, 0.717) is 17.3 Å². The van der Waals surface area contributed by atoms with E-state index in [4.69, 9.17) is 16.3 Å². The molecular weight excluding hydrogens is 342 g/mol. The molecule has 2 amide bonds. The summed E-state index contributed by atoms with van der Waals surface area (Å²) >= 11 is 5.94. The van der Waals surface area contributed by atoms with Crippen LogP contribution in [0.25, 0.3) is 0 Å². The fourth-order valence-corrected chi connectivity index (χ4v) is 2.36. The van der Waals surface area contributed by atoms with Crippen LogP contribution in [0.1, 0.15) is 19.0 Å². The van der Waals surface area contributed by atoms with Crippen molar-refractivity contribution in [2.75, 3.05) is 18.5 Å². The van der Waals surface area contributed by atoms with Crippen molar-refractivity contribution in [3.8, 4) is 0 Å². The van der Waals surface area contributed by atoms with Gasteiger partial charge in [-0.15, -0.1) is 0 Å². The van der Waals surface area contributed by atoms with E-state index < -0.39 is 0 Å². The topological polar surface area (TPSA) is 71.5 Å². The molecule has 0 bridgehead atoms. The Labute approximate surface area is 151 Å². The average Bonchev–Trinajstić information content (AvgIpc) is 2.59. The van der Waals surface area contributed by atoms with Crippen molar-refractivity contribution in [3.63, 3.8) is 0 Å². The van der Waals surface area contributed by atoms with Crippen molar-refractivity contribution in [2.45, 2.75) is 19.9 Å². The summed E-state index contributed by atoms with van der Waals surface area (Å²) < 4.78 is 4.93. The molecule has 0 fully saturated rings. The molecule has 0 unspecified atom stereocenters. The molecule has 1 aromatic heterocycles. The molecule has 7 heteroatoms. The number of nitrogens with zero attached hydrogens (tertiary/aromatic N) is 2. The number of urea groups is 1. The van der Waals surface area contributed by atoms with Gasteiger partial charge >= 0.3 is 12.0 Å². The minimum Gasteiger partial charge on any atom is -0.466 e. The van der Waals surface area contributed by atoms with Gasteiger partial charge in [0.15, 0.2) is 0 Å². The number of halogens is 1. The molecule has 2 rings (SSSR count). The van der Waals surface area contributed by atoms with Crippen LogP contribution in [0.15, 0.2) is 48.7 Å². The average molecular weight is 362 g/mol. The third-order valence-electron chi connectivity index (χ3n) is 3.33. The first-order valence-corrected chi connectivity index (χ1v) is 8.33. The molecule has 0 spiro atoms. The molecular formula is C18H20ClN3O3. The van der Waals surface area contributed by atoms with Crippen LogP contribution < -0.4 is 5.32 Å². The molecule has 0 saturated heterocycles. The highest BCUT2D eigenvalue weighted by molar-refractivity contribution is 6.30. The highest BCUT2D eigenvalue weighted by Crippen LogP contribution is 2.16. The predicted octanol–water partition coefficient (Wildman–Crippen LogP) is 3.72. The van der Waals surface area contributed by atoms with Crippen molar-refractivity contribution in [1.82, 2.24) is 9.88 Å². The molecule has 25 heavy (non-hydrogen) atoms. The van der Waals surface area contributed by atoms with Crippen molar-refractivity contribution < 1.29 is 14.3 Å². The lowest BCUT2D eigenvalue weighted by Gasteiger charge is -2.22. The van der Waals surface area contributed by atoms with Crippen LogP contribution in [0, 0.1) is 0 Å². The maximum Gasteiger partial charge on any atom is 0.322 e. The molecule has 132 valence electrons. The molecule has 0 aliphatic rings. The summed E-state index contributed by atoms with van der Waals surface area (Å²) in [6.45, 7) is 2.57. The van der Waals surface area contributed by atoms with Gasteiger partial charge in [0.2, 0.25) is 0 Å². The van der Waals surface area contributed by atoms with Crippen molar-refractivity contribution >= 4 is 29.3 Å². The third kappa shape index (κ3) is 6.43. The standard InChI is InChI=1S/C18H20ClN3O3/c1-2-25-17(23)9-11-22(13-16-7-3-4-10-20-16)18(24)21-15-8-5-6-14(19)12-15/h3-8,10,12H,2,9,11,13H2,1H3,(H,21,24). The van der Waals surface area contributed by atoms with E-state index in [9.17, 15) is 9.59 Å². The van der Waals surface area contributed by atoms with E-state index >= 15 is 0 Å². The van der Waals surface area contributed by atoms with Gasteiger partial charge in [-0.1, -0.05) is 23.7 Å². The molecule has 1 aromatic carbocycles. The Kier molecular flexibility index (Phi) is 7.22. The Morgan fingerprint density at radius 1 is 1.24 bits per heavy atom. The number of ether oxygens (including phenoxy) is 1. The number of amides is 2. The minimum absolute atomic E-state index is 0.115. The lowest BCUT2D eigenvalue weighted by Crippen LogP contribution is -2.36. The van der Waals surface area contributed by atoms with Gasteiger partial charge in [0.1, 0.15) is 0 Å². The van der Waals surface area contributed by atoms with E-state index in [-0.39, 0.29) is 31.5 Å². The van der Waals surface area contributed by atoms with Crippen molar-refractivity contribution in [1.29, 1.82) is 0 Å². The van der Waals surface area contributed by atoms with Gasteiger partial charge in [0, 0.05) is 23.5 Å². The second kappa shape index (κ2) is 9.64. The number of carbonyl (C=O) groups excluding carboxylic acids is 2. The summed E-state index contributed by atoms with van der Waals surface area (Å²) in [5.74, 6) is -0.343. The molecule has 0 atom stereocenters. The second-order valence-corrected chi connectivity index (χ2v) is 5.67. The number of aromatic nitrogens is 1. The summed E-state index contributed by atoms with van der Waals surface area (Å²) in [5.41, 5.74) is 1.31. The van der Waals surface area contributed by atoms with E-state index in [1.807, 2.05) is 12.1 Å². The number of anilines is 1. The number of nitrogens with one attached hydrogen (secondary N) is 1. The molecule has 0 aliphatic heterocycles. The van der Waals surface area contributed by atoms with Crippen molar-refractivity contribution in [2.24, 2.45) is 0 Å². The maximum absolute atomic E-state index is 12.6. The number of esters is 1. The SMILES string of the molecule is CCOC(=O)CCN(Cc1ccccn1)C(=O)Nc1cccc(Cl)c1. The number of carbonyl (C=O) groups is 2. The Balaban J connectivity index is 2.06. The zero-order chi connectivity index (χ0) is 18.1. The molecule has 0 radical (unpaired) electrons. The number of rotatable bonds is 7. The monoisotopic (exact) mass is 361 g/mol. The third-order valence-corrected chi connectivity index (χ3v) is 3.57. The highest BCUT2D eigenvalue weighted by Gasteiger charge is 2.17. The van der Waals surface area contributed by atoms with Crippen LogP contribution >= 0.6 is 11.6 Å². The van der Waals surface area contributed by atoms with Crippen molar-refractivity contribution in [3.05, 3.63) is 59.4 Å². The summed E-state index contributed by atoms with van der Waals surface area (Å²) in [6.07, 6.45) is 1.78. The van der Waals surface area contributed by atoms with E-state index in [1.165, 1.54) is 4.90 Å². The second-order valence-electron chi connectivity index (χ2n) is 5.24. The quantitative estimate of drug-likeness (QED) is 0.763. The van der Waals surface area contributed by atoms with E-state index in [2.05, 4.69) is 10.3 Å². The van der Waals surface area contributed by atoms with Gasteiger partial charge in [-0.05, 0) is 37.3 Å². The van der Waals surface area contributed by atoms with Crippen LogP contribution in [0.3, 0.4) is 0 Å². The van der Waals surface area contributed by atoms with Gasteiger partial charge in [0.25, 0.3) is 0 Å². The number of pyridine rings is 1. The Bertz CT molecular complexity index is 710. The molecule has 1 heterocycles. The first-order valence-electron chi connectivity index (χ1n) is 7.95. The normalized spacial score (nSPS) is 10.2. The van der Waals surface area contributed by atoms with Crippen LogP contribution in [-0.2, 0) is 16.1 Å². The Morgan fingerprint density at radius 3 is 2.76 bits per heavy atom. The molecule has 1 N–H and O–H groups in total. The molecule has 0 aliphatic carbocycles. The van der Waals surface area contributed by atoms with Crippen LogP contribution in [0.4, 0.5) is 10.5 Å². The first-order chi connectivity index (χ1) is 12.1. The lowest BCUT2D eigenvalue weighted by molar-refractivity contribution is -0.143. The minimum atomic E-state index is -0.343. The largest absolute Gasteiger partial charge is 0.466 e. The lowest BCUT2D eigenvalue weighted by atomic mass is 10.3. The van der Waals surface area contributed by atoms with Crippen LogP contribution in [0.2, 0.25) is 5.02 Å². The number of hydrogen-bond donors (Lipinski definition) is 1. The summed E-state index contributed by atoms with van der Waals surface area (Å²) in [4.78, 5) is 29.9. The van der Waals surface area contributed by atoms with Gasteiger partial charge in [-0.2, -0.15) is 0 Å². The van der Waals surface area contributed by atoms with Crippen LogP contribution in [0.5, 0.6) is 0 Å². The zero-order valence-corrected chi connectivity index (χ0v) is 14.7. The van der Waals surface area contributed by atoms with Crippen LogP contribution in [-0.4, -0.2) is 35.0 Å². The Morgan fingerprint density at radius 2 is 2.08 bits per heavy atom. The fraction of sp³-hybridized carbons (Fsp3) is 0.278. The van der Waals surface area contributed by atoms with Gasteiger partial charge in [-0.25, -0.2) is 4.79 Å². The molecule has 6 nitrogen and oxygen atoms in total. The zero-order valence-electron chi connectivity index (χ0n) is 13.9. The first kappa shape index (κ1) is 18.7. The predicted molar refractivity (Wildman–Crippen MR) is 96.4 cm³/mol. The maximum atomic E-state index is 12.6. The van der Waals surface area contributed by atoms with Gasteiger partial charge in [-0.3, -0.25) is 9.78 Å². The smallest absolute Gasteiger partial charge is 0.322 e. The number of benzene rings is 1. The highest BCUT2D eigenvalue weighted by atomic mass is 35.5. The number of hydrogen-bond acceptors (Lipinski definition) is 4. The molecule has 0 saturated carbocycles.